The van der Waals surface area contributed by atoms with Gasteiger partial charge in [-0.1, -0.05) is 29.8 Å². The van der Waals surface area contributed by atoms with Crippen LogP contribution in [0.1, 0.15) is 22.0 Å². The van der Waals surface area contributed by atoms with Gasteiger partial charge in [-0.05, 0) is 26.6 Å². The van der Waals surface area contributed by atoms with Gasteiger partial charge in [0.1, 0.15) is 0 Å². The number of carbonyl (C=O) groups excluding carboxylic acids is 1. The van der Waals surface area contributed by atoms with Crippen LogP contribution in [0.15, 0.2) is 18.2 Å². The van der Waals surface area contributed by atoms with Crippen LogP contribution in [0.3, 0.4) is 0 Å². The minimum atomic E-state index is -0.0394. The van der Waals surface area contributed by atoms with E-state index in [9.17, 15) is 4.79 Å². The molecule has 0 heterocycles. The highest BCUT2D eigenvalue weighted by Gasteiger charge is 2.13. The molecule has 0 aliphatic rings. The second-order valence-corrected chi connectivity index (χ2v) is 3.73. The molecule has 0 aliphatic heterocycles. The van der Waals surface area contributed by atoms with Gasteiger partial charge in [-0.3, -0.25) is 4.79 Å². The molecular formula is C11H13ClNO. The molecule has 3 heteroatoms. The van der Waals surface area contributed by atoms with E-state index in [-0.39, 0.29) is 6.04 Å². The number of hydrogen-bond acceptors (Lipinski definition) is 2. The van der Waals surface area contributed by atoms with Gasteiger partial charge in [0, 0.05) is 11.6 Å². The van der Waals surface area contributed by atoms with Gasteiger partial charge in [0.05, 0.1) is 5.02 Å². The maximum absolute atomic E-state index is 10.7. The largest absolute Gasteiger partial charge is 0.302 e. The fourth-order valence-electron chi connectivity index (χ4n) is 1.19. The Bertz CT molecular complexity index is 336. The van der Waals surface area contributed by atoms with Gasteiger partial charge < -0.3 is 4.90 Å². The summed E-state index contributed by atoms with van der Waals surface area (Å²) >= 11 is 6.05. The summed E-state index contributed by atoms with van der Waals surface area (Å²) in [7, 11) is 3.84. The molecule has 1 rings (SSSR count). The first-order valence-corrected chi connectivity index (χ1v) is 4.68. The van der Waals surface area contributed by atoms with Crippen molar-refractivity contribution in [3.8, 4) is 0 Å². The lowest BCUT2D eigenvalue weighted by Gasteiger charge is -2.21. The summed E-state index contributed by atoms with van der Waals surface area (Å²) in [6, 6.07) is 5.35. The Kier molecular flexibility index (Phi) is 3.67. The SMILES string of the molecule is [CH2]C(c1cccc(C=O)c1Cl)N(C)C. The zero-order valence-electron chi connectivity index (χ0n) is 8.33. The Morgan fingerprint density at radius 1 is 1.50 bits per heavy atom. The predicted octanol–water partition coefficient (Wildman–Crippen LogP) is 2.59. The molecule has 75 valence electrons. The number of rotatable bonds is 3. The van der Waals surface area contributed by atoms with Crippen LogP contribution in [0, 0.1) is 6.92 Å². The second-order valence-electron chi connectivity index (χ2n) is 3.35. The van der Waals surface area contributed by atoms with Gasteiger partial charge in [0.25, 0.3) is 0 Å². The molecule has 0 N–H and O–H groups in total. The zero-order valence-corrected chi connectivity index (χ0v) is 9.08. The van der Waals surface area contributed by atoms with E-state index in [2.05, 4.69) is 6.92 Å². The number of hydrogen-bond donors (Lipinski definition) is 0. The summed E-state index contributed by atoms with van der Waals surface area (Å²) in [6.45, 7) is 3.97. The molecule has 1 atom stereocenters. The van der Waals surface area contributed by atoms with Crippen LogP contribution in [0.5, 0.6) is 0 Å². The summed E-state index contributed by atoms with van der Waals surface area (Å²) in [4.78, 5) is 12.6. The number of benzene rings is 1. The normalized spacial score (nSPS) is 12.9. The third-order valence-electron chi connectivity index (χ3n) is 2.17. The van der Waals surface area contributed by atoms with Gasteiger partial charge in [0.15, 0.2) is 6.29 Å². The minimum Gasteiger partial charge on any atom is -0.302 e. The highest BCUT2D eigenvalue weighted by molar-refractivity contribution is 6.33. The van der Waals surface area contributed by atoms with Gasteiger partial charge >= 0.3 is 0 Å². The predicted molar refractivity (Wildman–Crippen MR) is 58.6 cm³/mol. The molecule has 2 nitrogen and oxygen atoms in total. The molecule has 0 aliphatic carbocycles. The van der Waals surface area contributed by atoms with E-state index in [4.69, 9.17) is 11.6 Å². The van der Waals surface area contributed by atoms with Crippen molar-refractivity contribution in [1.82, 2.24) is 4.90 Å². The Hall–Kier alpha value is -0.860. The first kappa shape index (κ1) is 11.2. The summed E-state index contributed by atoms with van der Waals surface area (Å²) in [6.07, 6.45) is 0.758. The van der Waals surface area contributed by atoms with Gasteiger partial charge in [-0.2, -0.15) is 0 Å². The molecule has 0 saturated heterocycles. The van der Waals surface area contributed by atoms with Crippen molar-refractivity contribution in [2.75, 3.05) is 14.1 Å². The lowest BCUT2D eigenvalue weighted by molar-refractivity contribution is 0.112. The molecule has 1 aromatic rings. The van der Waals surface area contributed by atoms with Crippen molar-refractivity contribution in [2.45, 2.75) is 6.04 Å². The van der Waals surface area contributed by atoms with Crippen LogP contribution >= 0.6 is 11.6 Å². The van der Waals surface area contributed by atoms with E-state index in [1.54, 1.807) is 6.07 Å². The van der Waals surface area contributed by atoms with E-state index < -0.39 is 0 Å². The quantitative estimate of drug-likeness (QED) is 0.715. The topological polar surface area (TPSA) is 20.3 Å². The summed E-state index contributed by atoms with van der Waals surface area (Å²) < 4.78 is 0. The first-order chi connectivity index (χ1) is 6.57. The molecule has 0 fully saturated rings. The van der Waals surface area contributed by atoms with E-state index in [0.717, 1.165) is 11.8 Å². The lowest BCUT2D eigenvalue weighted by Crippen LogP contribution is -2.17. The maximum atomic E-state index is 10.7. The van der Waals surface area contributed by atoms with E-state index >= 15 is 0 Å². The molecule has 14 heavy (non-hydrogen) atoms. The fraction of sp³-hybridized carbons (Fsp3) is 0.273. The van der Waals surface area contributed by atoms with E-state index in [1.807, 2.05) is 31.1 Å². The maximum Gasteiger partial charge on any atom is 0.151 e. The Morgan fingerprint density at radius 2 is 2.14 bits per heavy atom. The molecule has 0 bridgehead atoms. The molecule has 0 saturated carbocycles. The third-order valence-corrected chi connectivity index (χ3v) is 2.60. The van der Waals surface area contributed by atoms with Crippen LogP contribution < -0.4 is 0 Å². The number of carbonyl (C=O) groups is 1. The van der Waals surface area contributed by atoms with Crippen LogP contribution in [0.4, 0.5) is 0 Å². The monoisotopic (exact) mass is 210 g/mol. The van der Waals surface area contributed by atoms with E-state index in [0.29, 0.717) is 10.6 Å². The van der Waals surface area contributed by atoms with Crippen LogP contribution in [0.2, 0.25) is 5.02 Å². The second kappa shape index (κ2) is 4.58. The highest BCUT2D eigenvalue weighted by atomic mass is 35.5. The molecule has 0 spiro atoms. The molecule has 0 aromatic heterocycles. The molecule has 1 unspecified atom stereocenters. The van der Waals surface area contributed by atoms with Crippen LogP contribution in [-0.4, -0.2) is 25.3 Å². The first-order valence-electron chi connectivity index (χ1n) is 4.31. The lowest BCUT2D eigenvalue weighted by atomic mass is 10.0. The standard InChI is InChI=1S/C11H13ClNO/c1-8(13(2)3)10-6-4-5-9(7-14)11(10)12/h4-8H,1H2,2-3H3. The number of nitrogens with zero attached hydrogens (tertiary/aromatic N) is 1. The molecule has 1 aromatic carbocycles. The third kappa shape index (κ3) is 2.14. The van der Waals surface area contributed by atoms with Crippen molar-refractivity contribution in [1.29, 1.82) is 0 Å². The van der Waals surface area contributed by atoms with Gasteiger partial charge in [-0.25, -0.2) is 0 Å². The summed E-state index contributed by atoms with van der Waals surface area (Å²) in [5.74, 6) is 0. The summed E-state index contributed by atoms with van der Waals surface area (Å²) in [5.41, 5.74) is 1.39. The Balaban J connectivity index is 3.15. The van der Waals surface area contributed by atoms with Crippen LogP contribution in [-0.2, 0) is 0 Å². The smallest absolute Gasteiger partial charge is 0.151 e. The van der Waals surface area contributed by atoms with Gasteiger partial charge in [-0.15, -0.1) is 0 Å². The van der Waals surface area contributed by atoms with Crippen molar-refractivity contribution >= 4 is 17.9 Å². The molecule has 1 radical (unpaired) electrons. The summed E-state index contributed by atoms with van der Waals surface area (Å²) in [5, 5.41) is 0.496. The van der Waals surface area contributed by atoms with E-state index in [1.165, 1.54) is 0 Å². The van der Waals surface area contributed by atoms with Crippen molar-refractivity contribution in [3.63, 3.8) is 0 Å². The number of aldehydes is 1. The number of halogens is 1. The van der Waals surface area contributed by atoms with Crippen molar-refractivity contribution in [2.24, 2.45) is 0 Å². The fourth-order valence-corrected chi connectivity index (χ4v) is 1.49. The van der Waals surface area contributed by atoms with Crippen LogP contribution in [0.25, 0.3) is 0 Å². The van der Waals surface area contributed by atoms with Crippen molar-refractivity contribution < 1.29 is 4.79 Å². The molecular weight excluding hydrogens is 198 g/mol. The van der Waals surface area contributed by atoms with Gasteiger partial charge in [0.2, 0.25) is 0 Å². The average Bonchev–Trinajstić information content (AvgIpc) is 2.17. The molecule has 0 amide bonds. The Labute approximate surface area is 89.5 Å². The zero-order chi connectivity index (χ0) is 10.7. The van der Waals surface area contributed by atoms with Crippen molar-refractivity contribution in [3.05, 3.63) is 41.3 Å². The highest BCUT2D eigenvalue weighted by Crippen LogP contribution is 2.27. The average molecular weight is 211 g/mol. The minimum absolute atomic E-state index is 0.0394. The Morgan fingerprint density at radius 3 is 2.64 bits per heavy atom.